The second kappa shape index (κ2) is 8.08. The fourth-order valence-electron chi connectivity index (χ4n) is 3.76. The number of anilines is 1. The predicted octanol–water partition coefficient (Wildman–Crippen LogP) is 1.95. The van der Waals surface area contributed by atoms with Crippen molar-refractivity contribution in [3.05, 3.63) is 53.8 Å². The van der Waals surface area contributed by atoms with E-state index in [-0.39, 0.29) is 18.2 Å². The summed E-state index contributed by atoms with van der Waals surface area (Å²) < 4.78 is 5.01. The van der Waals surface area contributed by atoms with E-state index in [1.54, 1.807) is 13.0 Å². The van der Waals surface area contributed by atoms with Crippen molar-refractivity contribution in [2.24, 2.45) is 0 Å². The van der Waals surface area contributed by atoms with Gasteiger partial charge in [0.2, 0.25) is 5.91 Å². The maximum absolute atomic E-state index is 12.8. The number of hydrogen-bond donors (Lipinski definition) is 0. The van der Waals surface area contributed by atoms with Gasteiger partial charge in [-0.2, -0.15) is 0 Å². The van der Waals surface area contributed by atoms with Gasteiger partial charge in [0.15, 0.2) is 5.82 Å². The van der Waals surface area contributed by atoms with Crippen LogP contribution in [0, 0.1) is 6.92 Å². The molecule has 7 nitrogen and oxygen atoms in total. The highest BCUT2D eigenvalue weighted by atomic mass is 16.5. The van der Waals surface area contributed by atoms with Gasteiger partial charge in [-0.1, -0.05) is 47.6 Å². The number of carbonyl (C=O) groups is 2. The highest BCUT2D eigenvalue weighted by molar-refractivity contribution is 6.21. The molecule has 0 N–H and O–H groups in total. The molecule has 28 heavy (non-hydrogen) atoms. The number of amides is 2. The van der Waals surface area contributed by atoms with Gasteiger partial charge in [-0.25, -0.2) is 4.90 Å². The standard InChI is InChI=1S/C21H24N4O3/c1-16-14-19(22-28-16)25-20(26)15-18(21(25)27)24-12-10-23(11-13-24)9-5-8-17-6-3-2-4-7-17/h2-8,14,18H,9-13,15H2,1H3/b8-5+/t18-/m0/s1. The van der Waals surface area contributed by atoms with E-state index in [4.69, 9.17) is 4.52 Å². The van der Waals surface area contributed by atoms with E-state index in [1.165, 1.54) is 5.56 Å². The fourth-order valence-corrected chi connectivity index (χ4v) is 3.76. The van der Waals surface area contributed by atoms with Crippen LogP contribution in [0.1, 0.15) is 17.7 Å². The summed E-state index contributed by atoms with van der Waals surface area (Å²) in [4.78, 5) is 30.8. The normalized spacial score (nSPS) is 21.9. The molecule has 1 atom stereocenters. The molecule has 3 heterocycles. The van der Waals surface area contributed by atoms with Crippen LogP contribution in [0.4, 0.5) is 5.82 Å². The van der Waals surface area contributed by atoms with Crippen molar-refractivity contribution in [1.29, 1.82) is 0 Å². The van der Waals surface area contributed by atoms with Gasteiger partial charge in [-0.05, 0) is 12.5 Å². The molecule has 4 rings (SSSR count). The minimum Gasteiger partial charge on any atom is -0.360 e. The third-order valence-corrected chi connectivity index (χ3v) is 5.29. The fraction of sp³-hybridized carbons (Fsp3) is 0.381. The SMILES string of the molecule is Cc1cc(N2C(=O)C[C@H](N3CCN(C/C=C/c4ccccc4)CC3)C2=O)no1. The van der Waals surface area contributed by atoms with Crippen LogP contribution in [0.3, 0.4) is 0 Å². The third-order valence-electron chi connectivity index (χ3n) is 5.29. The average Bonchev–Trinajstić information content (AvgIpc) is 3.25. The molecule has 0 aliphatic carbocycles. The smallest absolute Gasteiger partial charge is 0.252 e. The lowest BCUT2D eigenvalue weighted by atomic mass is 10.1. The van der Waals surface area contributed by atoms with Gasteiger partial charge in [-0.15, -0.1) is 0 Å². The van der Waals surface area contributed by atoms with E-state index in [0.717, 1.165) is 37.6 Å². The largest absolute Gasteiger partial charge is 0.360 e. The van der Waals surface area contributed by atoms with E-state index in [1.807, 2.05) is 18.2 Å². The topological polar surface area (TPSA) is 69.9 Å². The number of imide groups is 1. The van der Waals surface area contributed by atoms with Crippen LogP contribution in [0.5, 0.6) is 0 Å². The van der Waals surface area contributed by atoms with Gasteiger partial charge >= 0.3 is 0 Å². The van der Waals surface area contributed by atoms with Crippen molar-refractivity contribution in [1.82, 2.24) is 15.0 Å². The van der Waals surface area contributed by atoms with Gasteiger partial charge in [0.05, 0.1) is 12.5 Å². The Labute approximate surface area is 164 Å². The molecule has 0 spiro atoms. The lowest BCUT2D eigenvalue weighted by Crippen LogP contribution is -2.52. The lowest BCUT2D eigenvalue weighted by molar-refractivity contribution is -0.123. The number of hydrogen-bond acceptors (Lipinski definition) is 6. The van der Waals surface area contributed by atoms with Crippen LogP contribution in [-0.4, -0.2) is 65.5 Å². The van der Waals surface area contributed by atoms with Crippen LogP contribution in [0.15, 0.2) is 47.0 Å². The average molecular weight is 380 g/mol. The molecule has 0 radical (unpaired) electrons. The van der Waals surface area contributed by atoms with Gasteiger partial charge < -0.3 is 4.52 Å². The number of rotatable bonds is 5. The maximum Gasteiger partial charge on any atom is 0.252 e. The van der Waals surface area contributed by atoms with E-state index < -0.39 is 6.04 Å². The molecule has 2 saturated heterocycles. The third kappa shape index (κ3) is 3.90. The van der Waals surface area contributed by atoms with E-state index in [0.29, 0.717) is 11.6 Å². The molecule has 7 heteroatoms. The molecule has 0 unspecified atom stereocenters. The summed E-state index contributed by atoms with van der Waals surface area (Å²) in [7, 11) is 0. The molecule has 2 fully saturated rings. The minimum absolute atomic E-state index is 0.198. The van der Waals surface area contributed by atoms with Crippen molar-refractivity contribution in [2.75, 3.05) is 37.6 Å². The first-order valence-electron chi connectivity index (χ1n) is 9.60. The van der Waals surface area contributed by atoms with Crippen molar-refractivity contribution >= 4 is 23.7 Å². The van der Waals surface area contributed by atoms with Crippen molar-refractivity contribution in [2.45, 2.75) is 19.4 Å². The van der Waals surface area contributed by atoms with Crippen molar-refractivity contribution in [3.63, 3.8) is 0 Å². The summed E-state index contributed by atoms with van der Waals surface area (Å²) in [6.07, 6.45) is 4.51. The molecule has 0 saturated carbocycles. The summed E-state index contributed by atoms with van der Waals surface area (Å²) in [5.74, 6) is 0.461. The quantitative estimate of drug-likeness (QED) is 0.739. The number of piperazine rings is 1. The predicted molar refractivity (Wildman–Crippen MR) is 106 cm³/mol. The second-order valence-corrected chi connectivity index (χ2v) is 7.23. The minimum atomic E-state index is -0.397. The Hall–Kier alpha value is -2.77. The van der Waals surface area contributed by atoms with Crippen LogP contribution in [-0.2, 0) is 9.59 Å². The number of carbonyl (C=O) groups excluding carboxylic acids is 2. The summed E-state index contributed by atoms with van der Waals surface area (Å²) in [6.45, 7) is 5.92. The highest BCUT2D eigenvalue weighted by Crippen LogP contribution is 2.26. The van der Waals surface area contributed by atoms with Gasteiger partial charge in [0, 0.05) is 38.8 Å². The first-order chi connectivity index (χ1) is 13.6. The molecule has 2 aliphatic rings. The summed E-state index contributed by atoms with van der Waals surface area (Å²) in [5, 5.41) is 3.82. The molecule has 1 aromatic carbocycles. The van der Waals surface area contributed by atoms with Crippen LogP contribution in [0.25, 0.3) is 6.08 Å². The number of aromatic nitrogens is 1. The molecule has 2 aromatic rings. The van der Waals surface area contributed by atoms with Crippen LogP contribution in [0.2, 0.25) is 0 Å². The first kappa shape index (κ1) is 18.6. The van der Waals surface area contributed by atoms with Gasteiger partial charge in [-0.3, -0.25) is 19.4 Å². The Morgan fingerprint density at radius 1 is 1.14 bits per heavy atom. The Morgan fingerprint density at radius 3 is 2.57 bits per heavy atom. The molecule has 146 valence electrons. The first-order valence-corrected chi connectivity index (χ1v) is 9.60. The van der Waals surface area contributed by atoms with E-state index in [2.05, 4.69) is 39.2 Å². The number of aryl methyl sites for hydroxylation is 1. The number of benzene rings is 1. The van der Waals surface area contributed by atoms with Gasteiger partial charge in [0.25, 0.3) is 5.91 Å². The molecule has 2 amide bonds. The van der Waals surface area contributed by atoms with Crippen LogP contribution < -0.4 is 4.90 Å². The Balaban J connectivity index is 1.31. The monoisotopic (exact) mass is 380 g/mol. The van der Waals surface area contributed by atoms with Crippen LogP contribution >= 0.6 is 0 Å². The second-order valence-electron chi connectivity index (χ2n) is 7.23. The zero-order valence-corrected chi connectivity index (χ0v) is 16.0. The molecule has 1 aromatic heterocycles. The Bertz CT molecular complexity index is 869. The summed E-state index contributed by atoms with van der Waals surface area (Å²) in [5.41, 5.74) is 1.19. The Morgan fingerprint density at radius 2 is 1.89 bits per heavy atom. The van der Waals surface area contributed by atoms with Gasteiger partial charge in [0.1, 0.15) is 5.76 Å². The highest BCUT2D eigenvalue weighted by Gasteiger charge is 2.44. The van der Waals surface area contributed by atoms with Crippen molar-refractivity contribution < 1.29 is 14.1 Å². The van der Waals surface area contributed by atoms with Crippen molar-refractivity contribution in [3.8, 4) is 0 Å². The molecular formula is C21H24N4O3. The summed E-state index contributed by atoms with van der Waals surface area (Å²) in [6, 6.07) is 11.5. The zero-order chi connectivity index (χ0) is 19.5. The molecular weight excluding hydrogens is 356 g/mol. The van der Waals surface area contributed by atoms with E-state index >= 15 is 0 Å². The molecule has 2 aliphatic heterocycles. The Kier molecular flexibility index (Phi) is 5.36. The zero-order valence-electron chi connectivity index (χ0n) is 16.0. The molecule has 0 bridgehead atoms. The number of nitrogens with zero attached hydrogens (tertiary/aromatic N) is 4. The summed E-state index contributed by atoms with van der Waals surface area (Å²) >= 11 is 0. The lowest BCUT2D eigenvalue weighted by Gasteiger charge is -2.36. The maximum atomic E-state index is 12.8. The van der Waals surface area contributed by atoms with E-state index in [9.17, 15) is 9.59 Å².